The lowest BCUT2D eigenvalue weighted by Gasteiger charge is -2.31. The number of carbonyl (C=O) groups is 1. The number of anilines is 1. The standard InChI is InChI=1S/C17H22BrNO/c1-12(20)15-9-8-14(11-16(15)18)19-10-4-7-17(19)13-5-2-3-6-13/h8-9,11,13,17H,2-7,10H2,1H3. The summed E-state index contributed by atoms with van der Waals surface area (Å²) in [4.78, 5) is 14.1. The van der Waals surface area contributed by atoms with E-state index in [2.05, 4.69) is 33.0 Å². The van der Waals surface area contributed by atoms with Gasteiger partial charge in [0.2, 0.25) is 0 Å². The highest BCUT2D eigenvalue weighted by Gasteiger charge is 2.33. The van der Waals surface area contributed by atoms with Crippen molar-refractivity contribution in [2.45, 2.75) is 51.5 Å². The van der Waals surface area contributed by atoms with Crippen LogP contribution in [0.1, 0.15) is 55.8 Å². The fraction of sp³-hybridized carbons (Fsp3) is 0.588. The lowest BCUT2D eigenvalue weighted by Crippen LogP contribution is -2.34. The van der Waals surface area contributed by atoms with Crippen molar-refractivity contribution in [2.24, 2.45) is 5.92 Å². The molecule has 0 bridgehead atoms. The Hall–Kier alpha value is -0.830. The molecular weight excluding hydrogens is 314 g/mol. The van der Waals surface area contributed by atoms with Gasteiger partial charge in [-0.1, -0.05) is 12.8 Å². The van der Waals surface area contributed by atoms with Gasteiger partial charge in [-0.3, -0.25) is 4.79 Å². The van der Waals surface area contributed by atoms with E-state index in [-0.39, 0.29) is 5.78 Å². The van der Waals surface area contributed by atoms with Crippen molar-refractivity contribution in [1.82, 2.24) is 0 Å². The van der Waals surface area contributed by atoms with E-state index < -0.39 is 0 Å². The van der Waals surface area contributed by atoms with Gasteiger partial charge in [-0.25, -0.2) is 0 Å². The van der Waals surface area contributed by atoms with Gasteiger partial charge in [-0.2, -0.15) is 0 Å². The smallest absolute Gasteiger partial charge is 0.160 e. The molecule has 1 aromatic carbocycles. The zero-order valence-electron chi connectivity index (χ0n) is 12.1. The lowest BCUT2D eigenvalue weighted by atomic mass is 9.95. The molecule has 108 valence electrons. The van der Waals surface area contributed by atoms with Crippen LogP contribution < -0.4 is 4.90 Å². The number of ketones is 1. The molecule has 0 N–H and O–H groups in total. The third kappa shape index (κ3) is 2.65. The molecule has 1 saturated heterocycles. The van der Waals surface area contributed by atoms with Gasteiger partial charge in [-0.05, 0) is 72.7 Å². The molecule has 20 heavy (non-hydrogen) atoms. The van der Waals surface area contributed by atoms with Crippen LogP contribution in [0.5, 0.6) is 0 Å². The summed E-state index contributed by atoms with van der Waals surface area (Å²) in [5.74, 6) is 1.00. The maximum atomic E-state index is 11.5. The molecule has 1 aliphatic heterocycles. The molecule has 2 nitrogen and oxygen atoms in total. The second-order valence-corrected chi connectivity index (χ2v) is 7.02. The molecule has 1 saturated carbocycles. The number of benzene rings is 1. The van der Waals surface area contributed by atoms with E-state index in [1.54, 1.807) is 6.92 Å². The average Bonchev–Trinajstić information content (AvgIpc) is 3.09. The van der Waals surface area contributed by atoms with Crippen LogP contribution in [0.15, 0.2) is 22.7 Å². The maximum Gasteiger partial charge on any atom is 0.160 e. The van der Waals surface area contributed by atoms with E-state index in [9.17, 15) is 4.79 Å². The first-order valence-corrected chi connectivity index (χ1v) is 8.53. The summed E-state index contributed by atoms with van der Waals surface area (Å²) in [5.41, 5.74) is 2.06. The fourth-order valence-corrected chi connectivity index (χ4v) is 4.56. The van der Waals surface area contributed by atoms with Crippen LogP contribution in [0.3, 0.4) is 0 Å². The molecule has 1 atom stereocenters. The number of halogens is 1. The molecule has 1 unspecified atom stereocenters. The Balaban J connectivity index is 1.84. The third-order valence-electron chi connectivity index (χ3n) is 4.91. The van der Waals surface area contributed by atoms with Crippen molar-refractivity contribution in [3.63, 3.8) is 0 Å². The second-order valence-electron chi connectivity index (χ2n) is 6.17. The molecule has 1 heterocycles. The summed E-state index contributed by atoms with van der Waals surface area (Å²) in [5, 5.41) is 0. The van der Waals surface area contributed by atoms with Gasteiger partial charge in [0.05, 0.1) is 0 Å². The minimum absolute atomic E-state index is 0.122. The molecule has 1 aliphatic carbocycles. The Morgan fingerprint density at radius 1 is 1.20 bits per heavy atom. The van der Waals surface area contributed by atoms with Gasteiger partial charge in [0.25, 0.3) is 0 Å². The van der Waals surface area contributed by atoms with Gasteiger partial charge in [0.1, 0.15) is 0 Å². The minimum Gasteiger partial charge on any atom is -0.368 e. The normalized spacial score (nSPS) is 23.5. The summed E-state index contributed by atoms with van der Waals surface area (Å²) in [6, 6.07) is 6.93. The Morgan fingerprint density at radius 2 is 1.95 bits per heavy atom. The van der Waals surface area contributed by atoms with Crippen molar-refractivity contribution in [3.05, 3.63) is 28.2 Å². The first-order valence-electron chi connectivity index (χ1n) is 7.74. The summed E-state index contributed by atoms with van der Waals surface area (Å²) >= 11 is 3.55. The highest BCUT2D eigenvalue weighted by Crippen LogP contribution is 2.38. The number of carbonyl (C=O) groups excluding carboxylic acids is 1. The first kappa shape index (κ1) is 14.1. The second kappa shape index (κ2) is 5.88. The van der Waals surface area contributed by atoms with E-state index in [0.717, 1.165) is 22.5 Å². The van der Waals surface area contributed by atoms with Crippen LogP contribution in [0.25, 0.3) is 0 Å². The lowest BCUT2D eigenvalue weighted by molar-refractivity contribution is 0.101. The fourth-order valence-electron chi connectivity index (χ4n) is 3.91. The van der Waals surface area contributed by atoms with Crippen molar-refractivity contribution in [3.8, 4) is 0 Å². The number of hydrogen-bond acceptors (Lipinski definition) is 2. The zero-order valence-corrected chi connectivity index (χ0v) is 13.7. The van der Waals surface area contributed by atoms with Gasteiger partial charge < -0.3 is 4.90 Å². The molecule has 2 fully saturated rings. The molecular formula is C17H22BrNO. The third-order valence-corrected chi connectivity index (χ3v) is 5.56. The molecule has 0 aromatic heterocycles. The van der Waals surface area contributed by atoms with E-state index in [1.807, 2.05) is 6.07 Å². The first-order chi connectivity index (χ1) is 9.66. The summed E-state index contributed by atoms with van der Waals surface area (Å²) in [6.45, 7) is 2.78. The number of Topliss-reactive ketones (excluding diaryl/α,β-unsaturated/α-hetero) is 1. The number of rotatable bonds is 3. The van der Waals surface area contributed by atoms with Crippen LogP contribution in [0, 0.1) is 5.92 Å². The van der Waals surface area contributed by atoms with Gasteiger partial charge in [-0.15, -0.1) is 0 Å². The predicted molar refractivity (Wildman–Crippen MR) is 86.5 cm³/mol. The molecule has 2 aliphatic rings. The molecule has 0 amide bonds. The van der Waals surface area contributed by atoms with E-state index >= 15 is 0 Å². The zero-order chi connectivity index (χ0) is 14.1. The van der Waals surface area contributed by atoms with Crippen LogP contribution in [0.4, 0.5) is 5.69 Å². The van der Waals surface area contributed by atoms with E-state index in [4.69, 9.17) is 0 Å². The predicted octanol–water partition coefficient (Wildman–Crippen LogP) is 4.81. The van der Waals surface area contributed by atoms with E-state index in [0.29, 0.717) is 6.04 Å². The summed E-state index contributed by atoms with van der Waals surface area (Å²) in [6.07, 6.45) is 8.23. The minimum atomic E-state index is 0.122. The Labute approximate surface area is 129 Å². The van der Waals surface area contributed by atoms with Gasteiger partial charge >= 0.3 is 0 Å². The molecule has 0 radical (unpaired) electrons. The van der Waals surface area contributed by atoms with Crippen molar-refractivity contribution >= 4 is 27.4 Å². The monoisotopic (exact) mass is 335 g/mol. The summed E-state index contributed by atoms with van der Waals surface area (Å²) < 4.78 is 0.930. The van der Waals surface area contributed by atoms with Crippen molar-refractivity contribution in [1.29, 1.82) is 0 Å². The van der Waals surface area contributed by atoms with Crippen LogP contribution in [-0.4, -0.2) is 18.4 Å². The van der Waals surface area contributed by atoms with Gasteiger partial charge in [0.15, 0.2) is 5.78 Å². The SMILES string of the molecule is CC(=O)c1ccc(N2CCCC2C2CCCC2)cc1Br. The summed E-state index contributed by atoms with van der Waals surface area (Å²) in [7, 11) is 0. The average molecular weight is 336 g/mol. The maximum absolute atomic E-state index is 11.5. The quantitative estimate of drug-likeness (QED) is 0.738. The van der Waals surface area contributed by atoms with Crippen LogP contribution in [0.2, 0.25) is 0 Å². The van der Waals surface area contributed by atoms with E-state index in [1.165, 1.54) is 44.2 Å². The number of hydrogen-bond donors (Lipinski definition) is 0. The highest BCUT2D eigenvalue weighted by molar-refractivity contribution is 9.10. The van der Waals surface area contributed by atoms with Crippen LogP contribution >= 0.6 is 15.9 Å². The molecule has 1 aromatic rings. The number of nitrogens with zero attached hydrogens (tertiary/aromatic N) is 1. The van der Waals surface area contributed by atoms with Crippen molar-refractivity contribution in [2.75, 3.05) is 11.4 Å². The van der Waals surface area contributed by atoms with Crippen molar-refractivity contribution < 1.29 is 4.79 Å². The Bertz CT molecular complexity index is 508. The molecule has 3 rings (SSSR count). The Kier molecular flexibility index (Phi) is 4.16. The molecule has 0 spiro atoms. The topological polar surface area (TPSA) is 20.3 Å². The Morgan fingerprint density at radius 3 is 2.60 bits per heavy atom. The van der Waals surface area contributed by atoms with Gasteiger partial charge in [0, 0.05) is 28.3 Å². The molecule has 3 heteroatoms. The van der Waals surface area contributed by atoms with Crippen LogP contribution in [-0.2, 0) is 0 Å². The largest absolute Gasteiger partial charge is 0.368 e. The highest BCUT2D eigenvalue weighted by atomic mass is 79.9.